The van der Waals surface area contributed by atoms with E-state index in [9.17, 15) is 19.8 Å². The van der Waals surface area contributed by atoms with Gasteiger partial charge in [-0.3, -0.25) is 5.43 Å². The number of carbonyl (C=O) groups is 2. The zero-order chi connectivity index (χ0) is 19.0. The van der Waals surface area contributed by atoms with Gasteiger partial charge in [-0.1, -0.05) is 48.0 Å². The van der Waals surface area contributed by atoms with Crippen molar-refractivity contribution >= 4 is 33.9 Å². The predicted molar refractivity (Wildman–Crippen MR) is 98.5 cm³/mol. The van der Waals surface area contributed by atoms with Crippen LogP contribution in [0.3, 0.4) is 0 Å². The topological polar surface area (TPSA) is 102 Å². The van der Waals surface area contributed by atoms with E-state index in [4.69, 9.17) is 0 Å². The third-order valence-electron chi connectivity index (χ3n) is 4.30. The van der Waals surface area contributed by atoms with Gasteiger partial charge in [0, 0.05) is 10.9 Å². The third-order valence-corrected chi connectivity index (χ3v) is 4.30. The Bertz CT molecular complexity index is 1170. The van der Waals surface area contributed by atoms with E-state index < -0.39 is 11.7 Å². The number of ketones is 1. The minimum absolute atomic E-state index is 0. The molecule has 0 bridgehead atoms. The molecule has 0 saturated carbocycles. The normalized spacial score (nSPS) is 13.4. The number of nitrogens with one attached hydrogen (secondary N) is 1. The number of phenols is 1. The van der Waals surface area contributed by atoms with Crippen molar-refractivity contribution in [1.82, 2.24) is 0 Å². The largest absolute Gasteiger partial charge is 1.00 e. The fraction of sp³-hybridized carbons (Fsp3) is 0. The molecule has 0 aliphatic heterocycles. The van der Waals surface area contributed by atoms with E-state index in [-0.39, 0.29) is 81.9 Å². The van der Waals surface area contributed by atoms with E-state index in [1.807, 2.05) is 6.07 Å². The summed E-state index contributed by atoms with van der Waals surface area (Å²) in [4.78, 5) is 23.6. The number of hydrogen-bond donors (Lipinski definition) is 2. The number of hydrazone groups is 1. The van der Waals surface area contributed by atoms with Crippen LogP contribution in [0, 0.1) is 6.08 Å². The molecule has 0 spiro atoms. The Kier molecular flexibility index (Phi) is 7.82. The maximum Gasteiger partial charge on any atom is 1.00 e. The molecule has 4 rings (SSSR count). The van der Waals surface area contributed by atoms with E-state index in [2.05, 4.69) is 16.6 Å². The molecule has 0 radical (unpaired) electrons. The van der Waals surface area contributed by atoms with Crippen molar-refractivity contribution in [3.8, 4) is 5.75 Å². The summed E-state index contributed by atoms with van der Waals surface area (Å²) in [5.74, 6) is -2.36. The standard InChI is InChI=1S/C21H13N2O4.2Na/c24-17-10-9-12-5-1-3-7-14(12)18(17)22-23-19-15-8-4-2-6-13(15)11-16(20(19)25)21(26)27;;/h1-8,10-11,23,25H,(H,26,27);;/q-1;2*+1/p-1. The summed E-state index contributed by atoms with van der Waals surface area (Å²) in [6, 6.07) is 15.4. The van der Waals surface area contributed by atoms with Crippen LogP contribution in [0.1, 0.15) is 21.5 Å². The van der Waals surface area contributed by atoms with Gasteiger partial charge in [-0.25, -0.2) is 0 Å². The molecular formula is C21H12N2Na2O4. The molecule has 0 saturated heterocycles. The van der Waals surface area contributed by atoms with Gasteiger partial charge in [-0.15, -0.1) is 23.8 Å². The quantitative estimate of drug-likeness (QED) is 0.201. The Morgan fingerprint density at radius 3 is 2.52 bits per heavy atom. The van der Waals surface area contributed by atoms with Gasteiger partial charge < -0.3 is 19.8 Å². The number of carbonyl (C=O) groups excluding carboxylic acids is 2. The number of aromatic hydroxyl groups is 1. The molecule has 2 N–H and O–H groups in total. The van der Waals surface area contributed by atoms with Gasteiger partial charge in [0.1, 0.15) is 17.2 Å². The number of allylic oxidation sites excluding steroid dienone is 1. The second-order valence-corrected chi connectivity index (χ2v) is 5.93. The second-order valence-electron chi connectivity index (χ2n) is 5.93. The maximum absolute atomic E-state index is 12.2. The summed E-state index contributed by atoms with van der Waals surface area (Å²) in [5, 5.41) is 27.0. The predicted octanol–water partition coefficient (Wildman–Crippen LogP) is -3.98. The molecule has 1 aliphatic carbocycles. The van der Waals surface area contributed by atoms with Crippen LogP contribution in [-0.4, -0.2) is 22.6 Å². The van der Waals surface area contributed by atoms with Crippen LogP contribution in [-0.2, 0) is 4.79 Å². The molecule has 29 heavy (non-hydrogen) atoms. The zero-order valence-corrected chi connectivity index (χ0v) is 19.9. The van der Waals surface area contributed by atoms with Crippen molar-refractivity contribution < 1.29 is 78.9 Å². The first-order valence-electron chi connectivity index (χ1n) is 8.09. The number of hydrogen-bond acceptors (Lipinski definition) is 6. The van der Waals surface area contributed by atoms with E-state index in [1.165, 1.54) is 12.1 Å². The van der Waals surface area contributed by atoms with Gasteiger partial charge in [0.05, 0.1) is 11.7 Å². The molecule has 3 aromatic carbocycles. The molecule has 0 amide bonds. The third kappa shape index (κ3) is 4.48. The average Bonchev–Trinajstić information content (AvgIpc) is 2.68. The number of aromatic carboxylic acids is 1. The fourth-order valence-corrected chi connectivity index (χ4v) is 2.99. The van der Waals surface area contributed by atoms with Crippen LogP contribution in [0.4, 0.5) is 5.69 Å². The van der Waals surface area contributed by atoms with Crippen molar-refractivity contribution in [2.24, 2.45) is 5.10 Å². The Balaban J connectivity index is 0.00000150. The zero-order valence-electron chi connectivity index (χ0n) is 15.9. The summed E-state index contributed by atoms with van der Waals surface area (Å²) in [5.41, 5.74) is 3.85. The first-order valence-corrected chi connectivity index (χ1v) is 8.09. The molecule has 0 atom stereocenters. The van der Waals surface area contributed by atoms with Crippen molar-refractivity contribution in [2.45, 2.75) is 0 Å². The van der Waals surface area contributed by atoms with Crippen LogP contribution in [0.25, 0.3) is 10.8 Å². The number of carboxylic acid groups (broad SMARTS) is 1. The maximum atomic E-state index is 12.2. The van der Waals surface area contributed by atoms with Crippen molar-refractivity contribution in [2.75, 3.05) is 5.43 Å². The average molecular weight is 402 g/mol. The molecule has 0 fully saturated rings. The second kappa shape index (κ2) is 9.71. The summed E-state index contributed by atoms with van der Waals surface area (Å²) in [7, 11) is 0. The fourth-order valence-electron chi connectivity index (χ4n) is 2.99. The van der Waals surface area contributed by atoms with Crippen LogP contribution in [0.2, 0.25) is 0 Å². The van der Waals surface area contributed by atoms with Crippen LogP contribution >= 0.6 is 0 Å². The number of rotatable bonds is 3. The number of carboxylic acids is 1. The van der Waals surface area contributed by atoms with Gasteiger partial charge >= 0.3 is 59.1 Å². The number of fused-ring (bicyclic) bond motifs is 2. The summed E-state index contributed by atoms with van der Waals surface area (Å²) >= 11 is 0. The Labute approximate surface area is 210 Å². The molecule has 8 heteroatoms. The molecule has 132 valence electrons. The summed E-state index contributed by atoms with van der Waals surface area (Å²) < 4.78 is 0. The molecule has 3 aromatic rings. The van der Waals surface area contributed by atoms with Gasteiger partial charge in [-0.05, 0) is 11.5 Å². The first kappa shape index (κ1) is 23.3. The molecule has 1 aliphatic rings. The van der Waals surface area contributed by atoms with Crippen molar-refractivity contribution in [3.05, 3.63) is 83.4 Å². The van der Waals surface area contributed by atoms with Gasteiger partial charge in [0.2, 0.25) is 0 Å². The van der Waals surface area contributed by atoms with E-state index >= 15 is 0 Å². The van der Waals surface area contributed by atoms with Gasteiger partial charge in [-0.2, -0.15) is 5.10 Å². The van der Waals surface area contributed by atoms with E-state index in [0.29, 0.717) is 16.3 Å². The Hall–Kier alpha value is -1.93. The monoisotopic (exact) mass is 402 g/mol. The minimum atomic E-state index is -1.51. The van der Waals surface area contributed by atoms with Crippen LogP contribution in [0.15, 0.2) is 65.8 Å². The summed E-state index contributed by atoms with van der Waals surface area (Å²) in [6.07, 6.45) is 4.18. The number of benzene rings is 3. The molecular weight excluding hydrogens is 390 g/mol. The van der Waals surface area contributed by atoms with E-state index in [0.717, 1.165) is 5.56 Å². The van der Waals surface area contributed by atoms with Crippen LogP contribution in [0.5, 0.6) is 5.75 Å². The van der Waals surface area contributed by atoms with Gasteiger partial charge in [0.25, 0.3) is 0 Å². The molecule has 0 aromatic heterocycles. The molecule has 0 heterocycles. The minimum Gasteiger partial charge on any atom is -0.545 e. The first-order chi connectivity index (χ1) is 13.1. The van der Waals surface area contributed by atoms with Crippen molar-refractivity contribution in [3.63, 3.8) is 0 Å². The summed E-state index contributed by atoms with van der Waals surface area (Å²) in [6.45, 7) is 0. The van der Waals surface area contributed by atoms with Crippen molar-refractivity contribution in [1.29, 1.82) is 0 Å². The Morgan fingerprint density at radius 1 is 1.07 bits per heavy atom. The Morgan fingerprint density at radius 2 is 1.76 bits per heavy atom. The molecule has 6 nitrogen and oxygen atoms in total. The SMILES string of the molecule is O=C1C=[C-]c2ccccc2C1=NNc1c(O)c(C(=O)[O-])cc2ccccc12.[Na+].[Na+]. The van der Waals surface area contributed by atoms with Gasteiger partial charge in [0.15, 0.2) is 0 Å². The van der Waals surface area contributed by atoms with E-state index in [1.54, 1.807) is 42.5 Å². The number of nitrogens with zero attached hydrogens (tertiary/aromatic N) is 1. The van der Waals surface area contributed by atoms with Crippen LogP contribution < -0.4 is 69.6 Å². The number of anilines is 1. The molecule has 0 unspecified atom stereocenters. The smallest absolute Gasteiger partial charge is 0.545 e.